The Labute approximate surface area is 189 Å². The van der Waals surface area contributed by atoms with Crippen molar-refractivity contribution < 1.29 is 14.6 Å². The molecule has 0 radical (unpaired) electrons. The fourth-order valence-corrected chi connectivity index (χ4v) is 3.87. The van der Waals surface area contributed by atoms with Crippen LogP contribution in [0.1, 0.15) is 149 Å². The Kier molecular flexibility index (Phi) is 25.0. The van der Waals surface area contributed by atoms with Gasteiger partial charge >= 0.3 is 0 Å². The van der Waals surface area contributed by atoms with Gasteiger partial charge in [0.2, 0.25) is 0 Å². The smallest absolute Gasteiger partial charge is 0.157 e. The third-order valence-corrected chi connectivity index (χ3v) is 5.91. The van der Waals surface area contributed by atoms with Gasteiger partial charge in [0, 0.05) is 13.2 Å². The zero-order chi connectivity index (χ0) is 22.1. The fourth-order valence-electron chi connectivity index (χ4n) is 3.87. The van der Waals surface area contributed by atoms with Crippen LogP contribution in [0.4, 0.5) is 0 Å². The number of rotatable bonds is 25. The van der Waals surface area contributed by atoms with Crippen molar-refractivity contribution in [2.24, 2.45) is 0 Å². The maximum atomic E-state index is 9.36. The van der Waals surface area contributed by atoms with E-state index in [0.717, 1.165) is 45.3 Å². The zero-order valence-electron chi connectivity index (χ0n) is 21.0. The summed E-state index contributed by atoms with van der Waals surface area (Å²) in [6.07, 6.45) is 25.0. The summed E-state index contributed by atoms with van der Waals surface area (Å²) in [5.74, 6) is 0. The summed E-state index contributed by atoms with van der Waals surface area (Å²) >= 11 is 0. The van der Waals surface area contributed by atoms with Crippen LogP contribution in [0.3, 0.4) is 0 Å². The molecule has 0 aliphatic rings. The van der Waals surface area contributed by atoms with Crippen LogP contribution >= 0.6 is 0 Å². The molecule has 0 bridgehead atoms. The number of unbranched alkanes of at least 4 members (excludes halogenated alkanes) is 15. The highest BCUT2D eigenvalue weighted by atomic mass is 16.7. The zero-order valence-corrected chi connectivity index (χ0v) is 21.0. The Balaban J connectivity index is 3.84. The van der Waals surface area contributed by atoms with E-state index >= 15 is 0 Å². The van der Waals surface area contributed by atoms with Crippen LogP contribution in [0.5, 0.6) is 0 Å². The molecule has 182 valence electrons. The molecule has 3 heteroatoms. The van der Waals surface area contributed by atoms with Crippen LogP contribution in [0.15, 0.2) is 0 Å². The summed E-state index contributed by atoms with van der Waals surface area (Å²) in [5, 5.41) is 9.36. The lowest BCUT2D eigenvalue weighted by atomic mass is 10.1. The van der Waals surface area contributed by atoms with Crippen molar-refractivity contribution in [2.75, 3.05) is 13.2 Å². The predicted molar refractivity (Wildman–Crippen MR) is 131 cm³/mol. The first kappa shape index (κ1) is 29.9. The number of hydrogen-bond donors (Lipinski definition) is 1. The van der Waals surface area contributed by atoms with Crippen molar-refractivity contribution >= 4 is 0 Å². The molecule has 0 saturated carbocycles. The second kappa shape index (κ2) is 25.1. The average Bonchev–Trinajstić information content (AvgIpc) is 2.73. The second-order valence-electron chi connectivity index (χ2n) is 9.25. The highest BCUT2D eigenvalue weighted by Crippen LogP contribution is 2.14. The van der Waals surface area contributed by atoms with E-state index in [0.29, 0.717) is 0 Å². The van der Waals surface area contributed by atoms with Crippen molar-refractivity contribution in [2.45, 2.75) is 162 Å². The molecule has 0 saturated heterocycles. The maximum absolute atomic E-state index is 9.36. The summed E-state index contributed by atoms with van der Waals surface area (Å²) < 4.78 is 12.2. The summed E-state index contributed by atoms with van der Waals surface area (Å²) in [4.78, 5) is 0. The summed E-state index contributed by atoms with van der Waals surface area (Å²) in [6.45, 7) is 8.11. The first-order valence-corrected chi connectivity index (χ1v) is 13.6. The number of ether oxygens (including phenoxy) is 2. The van der Waals surface area contributed by atoms with Crippen LogP contribution in [-0.4, -0.2) is 30.7 Å². The molecule has 0 amide bonds. The molecule has 0 rings (SSSR count). The SMILES string of the molecule is CCCCCCCCCOC(CCCCCCC(C)O)OCCCCCCCCC. The maximum Gasteiger partial charge on any atom is 0.157 e. The second-order valence-corrected chi connectivity index (χ2v) is 9.25. The van der Waals surface area contributed by atoms with Gasteiger partial charge in [0.15, 0.2) is 6.29 Å². The van der Waals surface area contributed by atoms with Crippen LogP contribution in [0, 0.1) is 0 Å². The third-order valence-electron chi connectivity index (χ3n) is 5.91. The highest BCUT2D eigenvalue weighted by Gasteiger charge is 2.09. The fraction of sp³-hybridized carbons (Fsp3) is 1.00. The van der Waals surface area contributed by atoms with Crippen LogP contribution < -0.4 is 0 Å². The van der Waals surface area contributed by atoms with Gasteiger partial charge in [0.05, 0.1) is 6.10 Å². The molecule has 0 fully saturated rings. The van der Waals surface area contributed by atoms with Crippen molar-refractivity contribution in [3.63, 3.8) is 0 Å². The largest absolute Gasteiger partial charge is 0.393 e. The topological polar surface area (TPSA) is 38.7 Å². The molecule has 3 nitrogen and oxygen atoms in total. The molecule has 1 N–H and O–H groups in total. The normalized spacial score (nSPS) is 12.7. The average molecular weight is 429 g/mol. The Bertz CT molecular complexity index is 286. The first-order valence-electron chi connectivity index (χ1n) is 13.6. The van der Waals surface area contributed by atoms with Crippen molar-refractivity contribution in [1.29, 1.82) is 0 Å². The van der Waals surface area contributed by atoms with Gasteiger partial charge in [-0.25, -0.2) is 0 Å². The van der Waals surface area contributed by atoms with E-state index in [1.165, 1.54) is 96.3 Å². The van der Waals surface area contributed by atoms with E-state index in [1.807, 2.05) is 6.92 Å². The molecule has 0 aromatic carbocycles. The van der Waals surface area contributed by atoms with E-state index in [9.17, 15) is 5.11 Å². The summed E-state index contributed by atoms with van der Waals surface area (Å²) in [7, 11) is 0. The van der Waals surface area contributed by atoms with Crippen LogP contribution in [0.2, 0.25) is 0 Å². The van der Waals surface area contributed by atoms with E-state index in [2.05, 4.69) is 13.8 Å². The van der Waals surface area contributed by atoms with E-state index in [4.69, 9.17) is 9.47 Å². The van der Waals surface area contributed by atoms with Gasteiger partial charge in [-0.2, -0.15) is 0 Å². The van der Waals surface area contributed by atoms with Crippen molar-refractivity contribution in [1.82, 2.24) is 0 Å². The monoisotopic (exact) mass is 428 g/mol. The minimum absolute atomic E-state index is 0.0121. The molecule has 1 atom stereocenters. The first-order chi connectivity index (χ1) is 14.7. The van der Waals surface area contributed by atoms with Crippen molar-refractivity contribution in [3.8, 4) is 0 Å². The molecule has 1 unspecified atom stereocenters. The van der Waals surface area contributed by atoms with Gasteiger partial charge in [-0.15, -0.1) is 0 Å². The quantitative estimate of drug-likeness (QED) is 0.117. The Morgan fingerprint density at radius 1 is 0.500 bits per heavy atom. The molecule has 30 heavy (non-hydrogen) atoms. The van der Waals surface area contributed by atoms with Gasteiger partial charge in [-0.1, -0.05) is 110 Å². The highest BCUT2D eigenvalue weighted by molar-refractivity contribution is 4.53. The molecule has 0 aliphatic carbocycles. The third kappa shape index (κ3) is 24.2. The predicted octanol–water partition coefficient (Wildman–Crippen LogP) is 8.57. The van der Waals surface area contributed by atoms with Gasteiger partial charge < -0.3 is 14.6 Å². The minimum Gasteiger partial charge on any atom is -0.393 e. The molecular formula is C27H56O3. The number of aliphatic hydroxyl groups is 1. The van der Waals surface area contributed by atoms with Crippen LogP contribution in [0.25, 0.3) is 0 Å². The molecule has 0 aliphatic heterocycles. The molecular weight excluding hydrogens is 372 g/mol. The van der Waals surface area contributed by atoms with Crippen molar-refractivity contribution in [3.05, 3.63) is 0 Å². The Hall–Kier alpha value is -0.120. The van der Waals surface area contributed by atoms with Gasteiger partial charge in [-0.3, -0.25) is 0 Å². The van der Waals surface area contributed by atoms with E-state index in [-0.39, 0.29) is 12.4 Å². The van der Waals surface area contributed by atoms with Gasteiger partial charge in [0.25, 0.3) is 0 Å². The van der Waals surface area contributed by atoms with Crippen LogP contribution in [-0.2, 0) is 9.47 Å². The lowest BCUT2D eigenvalue weighted by molar-refractivity contribution is -0.148. The Morgan fingerprint density at radius 3 is 1.30 bits per heavy atom. The van der Waals surface area contributed by atoms with E-state index < -0.39 is 0 Å². The lowest BCUT2D eigenvalue weighted by Crippen LogP contribution is -2.19. The molecule has 0 aromatic rings. The standard InChI is InChI=1S/C27H56O3/c1-4-6-8-10-12-16-20-24-29-27(23-19-15-14-18-22-26(3)28)30-25-21-17-13-11-9-7-5-2/h26-28H,4-25H2,1-3H3. The molecule has 0 heterocycles. The molecule has 0 spiro atoms. The number of aliphatic hydroxyl groups excluding tert-OH is 1. The summed E-state index contributed by atoms with van der Waals surface area (Å²) in [5.41, 5.74) is 0. The minimum atomic E-state index is -0.159. The molecule has 0 aromatic heterocycles. The lowest BCUT2D eigenvalue weighted by Gasteiger charge is -2.19. The number of hydrogen-bond acceptors (Lipinski definition) is 3. The Morgan fingerprint density at radius 2 is 0.867 bits per heavy atom. The summed E-state index contributed by atoms with van der Waals surface area (Å²) in [6, 6.07) is 0. The van der Waals surface area contributed by atoms with Gasteiger partial charge in [0.1, 0.15) is 0 Å². The van der Waals surface area contributed by atoms with Gasteiger partial charge in [-0.05, 0) is 39.0 Å². The van der Waals surface area contributed by atoms with E-state index in [1.54, 1.807) is 0 Å².